The van der Waals surface area contributed by atoms with Crippen LogP contribution in [0.3, 0.4) is 0 Å². The van der Waals surface area contributed by atoms with E-state index in [1.807, 2.05) is 13.8 Å². The van der Waals surface area contributed by atoms with Crippen molar-refractivity contribution in [1.29, 1.82) is 0 Å². The Hall–Kier alpha value is -0.530. The Morgan fingerprint density at radius 3 is 2.28 bits per heavy atom. The number of hydrogen-bond donors (Lipinski definition) is 3. The van der Waals surface area contributed by atoms with Gasteiger partial charge in [0.1, 0.15) is 6.54 Å². The van der Waals surface area contributed by atoms with Gasteiger partial charge in [-0.3, -0.25) is 4.79 Å². The van der Waals surface area contributed by atoms with E-state index in [2.05, 4.69) is 27.9 Å². The molecule has 3 N–H and O–H groups in total. The van der Waals surface area contributed by atoms with E-state index in [1.54, 1.807) is 0 Å². The van der Waals surface area contributed by atoms with Gasteiger partial charge in [0, 0.05) is 19.6 Å². The van der Waals surface area contributed by atoms with Gasteiger partial charge in [0.15, 0.2) is 5.96 Å². The second-order valence-corrected chi connectivity index (χ2v) is 3.83. The van der Waals surface area contributed by atoms with Crippen molar-refractivity contribution in [3.8, 4) is 0 Å². The number of carbonyl (C=O) groups is 1. The Labute approximate surface area is 128 Å². The van der Waals surface area contributed by atoms with Crippen LogP contribution in [0.25, 0.3) is 0 Å². The number of carbonyl (C=O) groups excluding carboxylic acids is 1. The Balaban J connectivity index is 0. The van der Waals surface area contributed by atoms with Crippen molar-refractivity contribution in [2.75, 3.05) is 26.2 Å². The number of amides is 1. The minimum Gasteiger partial charge on any atom is -0.357 e. The molecule has 0 aromatic carbocycles. The molecule has 0 heterocycles. The van der Waals surface area contributed by atoms with Gasteiger partial charge in [0.2, 0.25) is 5.91 Å². The highest BCUT2D eigenvalue weighted by molar-refractivity contribution is 14.0. The van der Waals surface area contributed by atoms with Crippen LogP contribution in [0.2, 0.25) is 0 Å². The lowest BCUT2D eigenvalue weighted by atomic mass is 10.3. The molecule has 5 nitrogen and oxygen atoms in total. The number of hydrogen-bond acceptors (Lipinski definition) is 2. The third-order valence-electron chi connectivity index (χ3n) is 2.12. The fraction of sp³-hybridized carbons (Fsp3) is 0.833. The molecule has 1 amide bonds. The van der Waals surface area contributed by atoms with Crippen LogP contribution >= 0.6 is 24.0 Å². The highest BCUT2D eigenvalue weighted by atomic mass is 127. The zero-order valence-corrected chi connectivity index (χ0v) is 14.0. The van der Waals surface area contributed by atoms with Crippen molar-refractivity contribution in [3.63, 3.8) is 0 Å². The first-order valence-electron chi connectivity index (χ1n) is 6.53. The minimum atomic E-state index is -0.0282. The van der Waals surface area contributed by atoms with Crippen LogP contribution in [-0.2, 0) is 4.79 Å². The van der Waals surface area contributed by atoms with Crippen molar-refractivity contribution in [3.05, 3.63) is 0 Å². The molecule has 0 bridgehead atoms. The predicted octanol–water partition coefficient (Wildman–Crippen LogP) is 1.49. The maximum absolute atomic E-state index is 11.4. The first kappa shape index (κ1) is 19.8. The van der Waals surface area contributed by atoms with Crippen LogP contribution in [0.1, 0.15) is 40.0 Å². The molecule has 0 aliphatic rings. The molecule has 108 valence electrons. The second kappa shape index (κ2) is 14.5. The number of unbranched alkanes of at least 4 members (excludes halogenated alkanes) is 1. The van der Waals surface area contributed by atoms with E-state index in [0.29, 0.717) is 12.5 Å². The van der Waals surface area contributed by atoms with E-state index < -0.39 is 0 Å². The van der Waals surface area contributed by atoms with Crippen LogP contribution < -0.4 is 16.0 Å². The van der Waals surface area contributed by atoms with Gasteiger partial charge in [-0.1, -0.05) is 20.3 Å². The van der Waals surface area contributed by atoms with E-state index in [-0.39, 0.29) is 36.4 Å². The molecule has 0 unspecified atom stereocenters. The number of halogens is 1. The molecule has 0 spiro atoms. The van der Waals surface area contributed by atoms with Crippen molar-refractivity contribution < 1.29 is 4.79 Å². The average Bonchev–Trinajstić information content (AvgIpc) is 2.33. The fourth-order valence-corrected chi connectivity index (χ4v) is 1.20. The number of nitrogens with zero attached hydrogens (tertiary/aromatic N) is 1. The van der Waals surface area contributed by atoms with Crippen molar-refractivity contribution in [2.24, 2.45) is 4.99 Å². The monoisotopic (exact) mass is 370 g/mol. The van der Waals surface area contributed by atoms with Gasteiger partial charge in [-0.25, -0.2) is 4.99 Å². The summed E-state index contributed by atoms with van der Waals surface area (Å²) in [7, 11) is 0. The average molecular weight is 370 g/mol. The molecule has 0 saturated carbocycles. The summed E-state index contributed by atoms with van der Waals surface area (Å²) >= 11 is 0. The summed E-state index contributed by atoms with van der Waals surface area (Å²) in [5.74, 6) is 0.687. The highest BCUT2D eigenvalue weighted by Gasteiger charge is 2.00. The van der Waals surface area contributed by atoms with Gasteiger partial charge in [0.25, 0.3) is 0 Å². The summed E-state index contributed by atoms with van der Waals surface area (Å²) in [5, 5.41) is 9.10. The summed E-state index contributed by atoms with van der Waals surface area (Å²) in [5.41, 5.74) is 0. The quantitative estimate of drug-likeness (QED) is 0.263. The largest absolute Gasteiger partial charge is 0.357 e. The van der Waals surface area contributed by atoms with E-state index in [9.17, 15) is 4.79 Å². The zero-order valence-electron chi connectivity index (χ0n) is 11.7. The lowest BCUT2D eigenvalue weighted by molar-refractivity contribution is -0.119. The summed E-state index contributed by atoms with van der Waals surface area (Å²) < 4.78 is 0. The topological polar surface area (TPSA) is 65.5 Å². The summed E-state index contributed by atoms with van der Waals surface area (Å²) in [4.78, 5) is 15.6. The molecule has 0 aromatic heterocycles. The van der Waals surface area contributed by atoms with Gasteiger partial charge in [-0.2, -0.15) is 0 Å². The molecule has 0 fully saturated rings. The van der Waals surface area contributed by atoms with E-state index >= 15 is 0 Å². The third-order valence-corrected chi connectivity index (χ3v) is 2.12. The molecule has 0 aliphatic heterocycles. The smallest absolute Gasteiger partial charge is 0.241 e. The number of nitrogens with one attached hydrogen (secondary N) is 3. The van der Waals surface area contributed by atoms with Crippen molar-refractivity contribution >= 4 is 35.8 Å². The van der Waals surface area contributed by atoms with E-state index in [0.717, 1.165) is 32.4 Å². The van der Waals surface area contributed by atoms with Gasteiger partial charge >= 0.3 is 0 Å². The summed E-state index contributed by atoms with van der Waals surface area (Å²) in [6, 6.07) is 0. The maximum Gasteiger partial charge on any atom is 0.241 e. The Morgan fingerprint density at radius 2 is 1.72 bits per heavy atom. The summed E-state index contributed by atoms with van der Waals surface area (Å²) in [6.45, 7) is 8.76. The zero-order chi connectivity index (χ0) is 12.9. The van der Waals surface area contributed by atoms with Gasteiger partial charge in [-0.15, -0.1) is 24.0 Å². The maximum atomic E-state index is 11.4. The van der Waals surface area contributed by atoms with Crippen molar-refractivity contribution in [1.82, 2.24) is 16.0 Å². The molecular formula is C12H27IN4O. The van der Waals surface area contributed by atoms with E-state index in [4.69, 9.17) is 0 Å². The molecule has 0 atom stereocenters. The predicted molar refractivity (Wildman–Crippen MR) is 87.6 cm³/mol. The van der Waals surface area contributed by atoms with Crippen LogP contribution in [-0.4, -0.2) is 38.0 Å². The van der Waals surface area contributed by atoms with Gasteiger partial charge in [-0.05, 0) is 19.8 Å². The molecule has 0 radical (unpaired) electrons. The molecule has 18 heavy (non-hydrogen) atoms. The third kappa shape index (κ3) is 11.9. The molecule has 0 aromatic rings. The molecule has 0 rings (SSSR count). The van der Waals surface area contributed by atoms with Gasteiger partial charge < -0.3 is 16.0 Å². The van der Waals surface area contributed by atoms with Crippen molar-refractivity contribution in [2.45, 2.75) is 40.0 Å². The first-order valence-corrected chi connectivity index (χ1v) is 6.53. The Morgan fingerprint density at radius 1 is 1.00 bits per heavy atom. The second-order valence-electron chi connectivity index (χ2n) is 3.83. The number of guanidine groups is 1. The Bertz CT molecular complexity index is 234. The fourth-order valence-electron chi connectivity index (χ4n) is 1.20. The Kier molecular flexibility index (Phi) is 16.0. The first-order chi connectivity index (χ1) is 8.24. The van der Waals surface area contributed by atoms with Crippen LogP contribution in [0.5, 0.6) is 0 Å². The lowest BCUT2D eigenvalue weighted by Gasteiger charge is -2.10. The summed E-state index contributed by atoms with van der Waals surface area (Å²) in [6.07, 6.45) is 3.19. The van der Waals surface area contributed by atoms with E-state index in [1.165, 1.54) is 0 Å². The normalized spacial score (nSPS) is 10.5. The highest BCUT2D eigenvalue weighted by Crippen LogP contribution is 1.83. The number of rotatable bonds is 8. The molecular weight excluding hydrogens is 343 g/mol. The van der Waals surface area contributed by atoms with Crippen LogP contribution in [0, 0.1) is 0 Å². The molecule has 0 saturated heterocycles. The van der Waals surface area contributed by atoms with Crippen LogP contribution in [0.15, 0.2) is 4.99 Å². The standard InChI is InChI=1S/C12H26N4O.HI/c1-4-7-9-15-12(13-6-3)16-10-11(17)14-8-5-2;/h4-10H2,1-3H3,(H,14,17)(H2,13,15,16);1H. The van der Waals surface area contributed by atoms with Crippen LogP contribution in [0.4, 0.5) is 0 Å². The minimum absolute atomic E-state index is 0. The van der Waals surface area contributed by atoms with Gasteiger partial charge in [0.05, 0.1) is 0 Å². The molecule has 0 aliphatic carbocycles. The molecule has 6 heteroatoms. The number of aliphatic imine (C=N–C) groups is 1. The lowest BCUT2D eigenvalue weighted by Crippen LogP contribution is -2.39. The SMILES string of the molecule is CCCCNC(=NCC(=O)NCCC)NCC.I.